The van der Waals surface area contributed by atoms with Crippen LogP contribution in [-0.4, -0.2) is 22.9 Å². The number of rotatable bonds is 5. The van der Waals surface area contributed by atoms with Gasteiger partial charge < -0.3 is 14.5 Å². The second kappa shape index (κ2) is 8.38. The van der Waals surface area contributed by atoms with E-state index in [4.69, 9.17) is 9.15 Å². The number of aromatic nitrogens is 1. The number of anilines is 1. The highest BCUT2D eigenvalue weighted by molar-refractivity contribution is 6.05. The number of amides is 1. The summed E-state index contributed by atoms with van der Waals surface area (Å²) >= 11 is 0. The van der Waals surface area contributed by atoms with Crippen LogP contribution in [0.4, 0.5) is 11.4 Å². The summed E-state index contributed by atoms with van der Waals surface area (Å²) < 4.78 is 10.9. The lowest BCUT2D eigenvalue weighted by Gasteiger charge is -2.18. The maximum Gasteiger partial charge on any atom is 0.311 e. The van der Waals surface area contributed by atoms with E-state index in [9.17, 15) is 14.9 Å². The summed E-state index contributed by atoms with van der Waals surface area (Å²) in [6.45, 7) is 6.44. The number of methoxy groups -OCH3 is 1. The topological polar surface area (TPSA) is 108 Å². The molecule has 0 saturated heterocycles. The van der Waals surface area contributed by atoms with Crippen molar-refractivity contribution in [3.63, 3.8) is 0 Å². The Morgan fingerprint density at radius 3 is 2.42 bits per heavy atom. The summed E-state index contributed by atoms with van der Waals surface area (Å²) in [5, 5.41) is 13.9. The third-order valence-corrected chi connectivity index (χ3v) is 5.28. The first-order chi connectivity index (χ1) is 15.7. The van der Waals surface area contributed by atoms with Gasteiger partial charge >= 0.3 is 5.69 Å². The van der Waals surface area contributed by atoms with E-state index in [2.05, 4.69) is 31.1 Å². The summed E-state index contributed by atoms with van der Waals surface area (Å²) in [6, 6.07) is 17.1. The number of nitro groups is 1. The van der Waals surface area contributed by atoms with E-state index < -0.39 is 10.8 Å². The molecule has 0 radical (unpaired) electrons. The van der Waals surface area contributed by atoms with Crippen LogP contribution in [0.15, 0.2) is 65.1 Å². The summed E-state index contributed by atoms with van der Waals surface area (Å²) in [5.74, 6) is 0.110. The Bertz CT molecular complexity index is 1350. The van der Waals surface area contributed by atoms with Gasteiger partial charge in [-0.3, -0.25) is 14.9 Å². The molecule has 0 unspecified atom stereocenters. The molecule has 1 aromatic heterocycles. The number of carbonyl (C=O) groups excluding carboxylic acids is 1. The van der Waals surface area contributed by atoms with Gasteiger partial charge in [-0.25, -0.2) is 4.98 Å². The Labute approximate surface area is 190 Å². The van der Waals surface area contributed by atoms with Crippen LogP contribution in [0.1, 0.15) is 36.7 Å². The monoisotopic (exact) mass is 445 g/mol. The molecule has 8 heteroatoms. The third kappa shape index (κ3) is 4.55. The van der Waals surface area contributed by atoms with E-state index in [0.717, 1.165) is 11.1 Å². The van der Waals surface area contributed by atoms with Crippen molar-refractivity contribution < 1.29 is 18.9 Å². The Morgan fingerprint density at radius 1 is 1.06 bits per heavy atom. The lowest BCUT2D eigenvalue weighted by atomic mass is 9.87. The van der Waals surface area contributed by atoms with Crippen LogP contribution in [0.2, 0.25) is 0 Å². The van der Waals surface area contributed by atoms with Gasteiger partial charge in [-0.15, -0.1) is 0 Å². The number of nitrogens with one attached hydrogen (secondary N) is 1. The Morgan fingerprint density at radius 2 is 1.79 bits per heavy atom. The van der Waals surface area contributed by atoms with Gasteiger partial charge in [0, 0.05) is 22.9 Å². The van der Waals surface area contributed by atoms with Gasteiger partial charge in [-0.1, -0.05) is 26.8 Å². The number of hydrogen-bond donors (Lipinski definition) is 1. The number of ether oxygens (including phenoxy) is 1. The van der Waals surface area contributed by atoms with Crippen LogP contribution in [0.5, 0.6) is 5.75 Å². The predicted molar refractivity (Wildman–Crippen MR) is 126 cm³/mol. The first-order valence-corrected chi connectivity index (χ1v) is 10.3. The molecular formula is C25H23N3O5. The van der Waals surface area contributed by atoms with Crippen molar-refractivity contribution in [3.8, 4) is 17.2 Å². The van der Waals surface area contributed by atoms with E-state index in [0.29, 0.717) is 17.2 Å². The molecule has 33 heavy (non-hydrogen) atoms. The molecule has 0 aliphatic rings. The zero-order chi connectivity index (χ0) is 23.8. The molecule has 0 spiro atoms. The number of nitrogens with zero attached hydrogens (tertiary/aromatic N) is 2. The van der Waals surface area contributed by atoms with Crippen LogP contribution in [0.3, 0.4) is 0 Å². The highest BCUT2D eigenvalue weighted by Crippen LogP contribution is 2.30. The van der Waals surface area contributed by atoms with Gasteiger partial charge in [-0.2, -0.15) is 0 Å². The number of benzene rings is 3. The van der Waals surface area contributed by atoms with Crippen molar-refractivity contribution in [2.75, 3.05) is 12.4 Å². The normalized spacial score (nSPS) is 11.4. The molecule has 0 aliphatic carbocycles. The summed E-state index contributed by atoms with van der Waals surface area (Å²) in [7, 11) is 1.34. The van der Waals surface area contributed by atoms with Crippen molar-refractivity contribution in [1.29, 1.82) is 0 Å². The molecule has 4 aromatic rings. The quantitative estimate of drug-likeness (QED) is 0.300. The third-order valence-electron chi connectivity index (χ3n) is 5.28. The van der Waals surface area contributed by atoms with E-state index in [1.807, 2.05) is 18.2 Å². The summed E-state index contributed by atoms with van der Waals surface area (Å²) in [5.41, 5.74) is 3.86. The fraction of sp³-hybridized carbons (Fsp3) is 0.200. The van der Waals surface area contributed by atoms with Crippen LogP contribution >= 0.6 is 0 Å². The average molecular weight is 445 g/mol. The molecule has 1 amide bonds. The summed E-state index contributed by atoms with van der Waals surface area (Å²) in [4.78, 5) is 27.8. The zero-order valence-electron chi connectivity index (χ0n) is 18.7. The van der Waals surface area contributed by atoms with E-state index >= 15 is 0 Å². The molecule has 0 fully saturated rings. The molecule has 0 aliphatic heterocycles. The highest BCUT2D eigenvalue weighted by atomic mass is 16.6. The molecule has 4 rings (SSSR count). The zero-order valence-corrected chi connectivity index (χ0v) is 18.7. The maximum atomic E-state index is 12.6. The highest BCUT2D eigenvalue weighted by Gasteiger charge is 2.19. The second-order valence-electron chi connectivity index (χ2n) is 8.63. The predicted octanol–water partition coefficient (Wildman–Crippen LogP) is 5.96. The first kappa shape index (κ1) is 22.0. The van der Waals surface area contributed by atoms with Gasteiger partial charge in [0.05, 0.1) is 12.0 Å². The van der Waals surface area contributed by atoms with E-state index in [1.54, 1.807) is 24.3 Å². The van der Waals surface area contributed by atoms with Gasteiger partial charge in [0.25, 0.3) is 5.91 Å². The molecule has 0 bridgehead atoms. The fourth-order valence-corrected chi connectivity index (χ4v) is 3.39. The molecule has 168 valence electrons. The Balaban J connectivity index is 1.53. The molecule has 8 nitrogen and oxygen atoms in total. The second-order valence-corrected chi connectivity index (χ2v) is 8.63. The summed E-state index contributed by atoms with van der Waals surface area (Å²) in [6.07, 6.45) is 0. The first-order valence-electron chi connectivity index (χ1n) is 10.3. The molecular weight excluding hydrogens is 422 g/mol. The smallest absolute Gasteiger partial charge is 0.311 e. The van der Waals surface area contributed by atoms with Crippen LogP contribution < -0.4 is 10.1 Å². The van der Waals surface area contributed by atoms with Gasteiger partial charge in [0.15, 0.2) is 11.3 Å². The van der Waals surface area contributed by atoms with Gasteiger partial charge in [0.1, 0.15) is 5.52 Å². The number of fused-ring (bicyclic) bond motifs is 1. The van der Waals surface area contributed by atoms with Crippen molar-refractivity contribution >= 4 is 28.4 Å². The molecule has 3 aromatic carbocycles. The number of hydrogen-bond acceptors (Lipinski definition) is 6. The largest absolute Gasteiger partial charge is 0.490 e. The Kier molecular flexibility index (Phi) is 5.59. The van der Waals surface area contributed by atoms with Crippen molar-refractivity contribution in [1.82, 2.24) is 4.98 Å². The van der Waals surface area contributed by atoms with Gasteiger partial charge in [-0.05, 0) is 59.5 Å². The van der Waals surface area contributed by atoms with Crippen molar-refractivity contribution in [2.45, 2.75) is 26.2 Å². The van der Waals surface area contributed by atoms with E-state index in [1.165, 1.54) is 30.9 Å². The fourth-order valence-electron chi connectivity index (χ4n) is 3.39. The molecule has 0 atom stereocenters. The van der Waals surface area contributed by atoms with Crippen LogP contribution in [0.25, 0.3) is 22.6 Å². The lowest BCUT2D eigenvalue weighted by molar-refractivity contribution is -0.385. The number of carbonyl (C=O) groups is 1. The van der Waals surface area contributed by atoms with Crippen LogP contribution in [-0.2, 0) is 5.41 Å². The van der Waals surface area contributed by atoms with E-state index in [-0.39, 0.29) is 22.4 Å². The number of oxazole rings is 1. The standard InChI is InChI=1S/C25H23N3O5/c1-25(2,3)17-8-12-21-19(14-17)27-24(33-21)15-5-9-18(10-6-15)26-23(29)16-7-11-22(32-4)20(13-16)28(30)31/h5-14H,1-4H3,(H,26,29). The maximum absolute atomic E-state index is 12.6. The molecule has 1 heterocycles. The lowest BCUT2D eigenvalue weighted by Crippen LogP contribution is -2.12. The minimum Gasteiger partial charge on any atom is -0.490 e. The minimum atomic E-state index is -0.588. The SMILES string of the molecule is COc1ccc(C(=O)Nc2ccc(-c3nc4cc(C(C)(C)C)ccc4o3)cc2)cc1[N+](=O)[O-]. The number of nitro benzene ring substituents is 1. The Hall–Kier alpha value is -4.20. The minimum absolute atomic E-state index is 0.0114. The van der Waals surface area contributed by atoms with Crippen LogP contribution in [0, 0.1) is 10.1 Å². The van der Waals surface area contributed by atoms with Crippen molar-refractivity contribution in [3.05, 3.63) is 81.9 Å². The van der Waals surface area contributed by atoms with Gasteiger partial charge in [0.2, 0.25) is 5.89 Å². The van der Waals surface area contributed by atoms with Crippen molar-refractivity contribution in [2.24, 2.45) is 0 Å². The average Bonchev–Trinajstić information content (AvgIpc) is 3.22. The molecule has 1 N–H and O–H groups in total. The molecule has 0 saturated carbocycles.